The lowest BCUT2D eigenvalue weighted by Crippen LogP contribution is -2.33. The van der Waals surface area contributed by atoms with E-state index in [2.05, 4.69) is 32.2 Å². The number of aryl methyl sites for hydroxylation is 2. The second-order valence-corrected chi connectivity index (χ2v) is 9.33. The van der Waals surface area contributed by atoms with Gasteiger partial charge in [-0.25, -0.2) is 19.5 Å². The Labute approximate surface area is 229 Å². The van der Waals surface area contributed by atoms with Crippen LogP contribution in [0.15, 0.2) is 84.3 Å². The van der Waals surface area contributed by atoms with Gasteiger partial charge in [-0.2, -0.15) is 5.10 Å². The van der Waals surface area contributed by atoms with Crippen molar-refractivity contribution in [1.82, 2.24) is 39.0 Å². The number of nitrogens with one attached hydrogen (secondary N) is 1. The zero-order chi connectivity index (χ0) is 27.8. The van der Waals surface area contributed by atoms with E-state index < -0.39 is 6.04 Å². The van der Waals surface area contributed by atoms with Gasteiger partial charge in [0.15, 0.2) is 5.65 Å². The molecule has 0 unspecified atom stereocenters. The van der Waals surface area contributed by atoms with Crippen LogP contribution < -0.4 is 10.9 Å². The van der Waals surface area contributed by atoms with Gasteiger partial charge in [-0.05, 0) is 50.1 Å². The zero-order valence-corrected chi connectivity index (χ0v) is 22.0. The molecule has 0 fully saturated rings. The average Bonchev–Trinajstić information content (AvgIpc) is 3.53. The molecule has 10 nitrogen and oxygen atoms in total. The molecule has 1 amide bonds. The highest BCUT2D eigenvalue weighted by molar-refractivity contribution is 6.01. The molecular formula is C30H24N8O2. The first-order valence-corrected chi connectivity index (χ1v) is 12.6. The summed E-state index contributed by atoms with van der Waals surface area (Å²) in [5.41, 5.74) is 3.47. The normalized spacial score (nSPS) is 11.8. The Morgan fingerprint density at radius 1 is 1.05 bits per heavy atom. The SMILES string of the molecule is Cc1nn2cccnc2c1C(=O)N[C@@H](C)c1nc2cccc(C#Cc3cncn3C)c2c(=O)n1-c1ccccc1. The molecule has 6 aromatic rings. The number of hydrogen-bond acceptors (Lipinski definition) is 6. The Balaban J connectivity index is 1.48. The van der Waals surface area contributed by atoms with Crippen molar-refractivity contribution in [2.24, 2.45) is 7.05 Å². The first-order chi connectivity index (χ1) is 19.4. The van der Waals surface area contributed by atoms with Crippen molar-refractivity contribution in [3.63, 3.8) is 0 Å². The van der Waals surface area contributed by atoms with Gasteiger partial charge in [0.1, 0.15) is 17.1 Å². The molecule has 6 rings (SSSR count). The Morgan fingerprint density at radius 2 is 1.88 bits per heavy atom. The van der Waals surface area contributed by atoms with Crippen molar-refractivity contribution in [2.75, 3.05) is 0 Å². The minimum atomic E-state index is -0.632. The Bertz CT molecular complexity index is 2030. The number of hydrogen-bond donors (Lipinski definition) is 1. The minimum absolute atomic E-state index is 0.281. The van der Waals surface area contributed by atoms with Gasteiger partial charge < -0.3 is 9.88 Å². The highest BCUT2D eigenvalue weighted by atomic mass is 16.2. The summed E-state index contributed by atoms with van der Waals surface area (Å²) in [7, 11) is 1.86. The van der Waals surface area contributed by atoms with Gasteiger partial charge in [-0.1, -0.05) is 30.2 Å². The van der Waals surface area contributed by atoms with Crippen LogP contribution in [0.25, 0.3) is 22.2 Å². The van der Waals surface area contributed by atoms with E-state index in [1.54, 1.807) is 61.5 Å². The maximum Gasteiger partial charge on any atom is 0.267 e. The number of fused-ring (bicyclic) bond motifs is 2. The summed E-state index contributed by atoms with van der Waals surface area (Å²) < 4.78 is 4.91. The fourth-order valence-electron chi connectivity index (χ4n) is 4.67. The summed E-state index contributed by atoms with van der Waals surface area (Å²) >= 11 is 0. The summed E-state index contributed by atoms with van der Waals surface area (Å²) in [6.07, 6.45) is 6.69. The molecule has 1 N–H and O–H groups in total. The summed E-state index contributed by atoms with van der Waals surface area (Å²) in [5.74, 6) is 6.24. The number of rotatable bonds is 4. The van der Waals surface area contributed by atoms with E-state index in [4.69, 9.17) is 4.98 Å². The van der Waals surface area contributed by atoms with Crippen LogP contribution in [0.1, 0.15) is 46.1 Å². The Kier molecular flexibility index (Phi) is 6.16. The molecule has 10 heteroatoms. The number of aromatic nitrogens is 7. The standard InChI is InChI=1S/C30H24N8O2/c1-19-25(28-32-15-8-16-37(28)35-19)29(39)33-20(2)27-34-24-12-7-9-21(13-14-23-17-31-18-36(23)3)26(24)30(40)38(27)22-10-5-4-6-11-22/h4-12,15-18,20H,1-3H3,(H,33,39)/t20-/m0/s1. The van der Waals surface area contributed by atoms with Gasteiger partial charge in [-0.15, -0.1) is 0 Å². The van der Waals surface area contributed by atoms with E-state index in [0.29, 0.717) is 44.9 Å². The van der Waals surface area contributed by atoms with Gasteiger partial charge in [0.05, 0.1) is 40.9 Å². The molecule has 4 aromatic heterocycles. The van der Waals surface area contributed by atoms with Crippen molar-refractivity contribution in [2.45, 2.75) is 19.9 Å². The molecule has 0 aliphatic heterocycles. The monoisotopic (exact) mass is 528 g/mol. The highest BCUT2D eigenvalue weighted by Crippen LogP contribution is 2.21. The lowest BCUT2D eigenvalue weighted by Gasteiger charge is -2.20. The number of para-hydroxylation sites is 1. The van der Waals surface area contributed by atoms with Gasteiger partial charge in [0, 0.05) is 25.0 Å². The molecule has 4 heterocycles. The van der Waals surface area contributed by atoms with E-state index in [-0.39, 0.29) is 11.5 Å². The molecule has 196 valence electrons. The molecule has 0 aliphatic rings. The van der Waals surface area contributed by atoms with E-state index in [1.807, 2.05) is 48.0 Å². The molecule has 0 radical (unpaired) electrons. The molecule has 0 bridgehead atoms. The number of carbonyl (C=O) groups is 1. The molecule has 40 heavy (non-hydrogen) atoms. The van der Waals surface area contributed by atoms with Crippen LogP contribution in [0.2, 0.25) is 0 Å². The van der Waals surface area contributed by atoms with Crippen LogP contribution in [0.5, 0.6) is 0 Å². The second kappa shape index (κ2) is 9.96. The van der Waals surface area contributed by atoms with Gasteiger partial charge in [0.2, 0.25) is 0 Å². The fraction of sp³-hybridized carbons (Fsp3) is 0.133. The molecule has 2 aromatic carbocycles. The van der Waals surface area contributed by atoms with Crippen LogP contribution in [0.3, 0.4) is 0 Å². The second-order valence-electron chi connectivity index (χ2n) is 9.33. The predicted octanol–water partition coefficient (Wildman–Crippen LogP) is 3.36. The number of nitrogens with zero attached hydrogens (tertiary/aromatic N) is 7. The Hall–Kier alpha value is -5.56. The molecule has 0 saturated heterocycles. The van der Waals surface area contributed by atoms with Crippen LogP contribution >= 0.6 is 0 Å². The van der Waals surface area contributed by atoms with Gasteiger partial charge in [0.25, 0.3) is 11.5 Å². The Morgan fingerprint density at radius 3 is 2.65 bits per heavy atom. The van der Waals surface area contributed by atoms with E-state index in [0.717, 1.165) is 5.69 Å². The molecule has 1 atom stereocenters. The van der Waals surface area contributed by atoms with Crippen molar-refractivity contribution in [3.8, 4) is 17.5 Å². The summed E-state index contributed by atoms with van der Waals surface area (Å²) in [4.78, 5) is 40.9. The number of carbonyl (C=O) groups excluding carboxylic acids is 1. The van der Waals surface area contributed by atoms with E-state index in [9.17, 15) is 9.59 Å². The molecular weight excluding hydrogens is 504 g/mol. The maximum atomic E-state index is 14.1. The number of imidazole rings is 1. The van der Waals surface area contributed by atoms with E-state index >= 15 is 0 Å². The van der Waals surface area contributed by atoms with Crippen molar-refractivity contribution >= 4 is 22.5 Å². The average molecular weight is 529 g/mol. The third-order valence-electron chi connectivity index (χ3n) is 6.61. The molecule has 0 saturated carbocycles. The van der Waals surface area contributed by atoms with Crippen molar-refractivity contribution < 1.29 is 4.79 Å². The van der Waals surface area contributed by atoms with Gasteiger partial charge in [-0.3, -0.25) is 14.2 Å². The molecule has 0 aliphatic carbocycles. The largest absolute Gasteiger partial charge is 0.342 e. The third-order valence-corrected chi connectivity index (χ3v) is 6.61. The summed E-state index contributed by atoms with van der Waals surface area (Å²) in [6, 6.07) is 15.7. The zero-order valence-electron chi connectivity index (χ0n) is 22.0. The maximum absolute atomic E-state index is 14.1. The molecule has 0 spiro atoms. The van der Waals surface area contributed by atoms with Crippen molar-refractivity contribution in [3.05, 3.63) is 118 Å². The van der Waals surface area contributed by atoms with Crippen molar-refractivity contribution in [1.29, 1.82) is 0 Å². The van der Waals surface area contributed by atoms with Crippen LogP contribution in [-0.2, 0) is 7.05 Å². The quantitative estimate of drug-likeness (QED) is 0.351. The highest BCUT2D eigenvalue weighted by Gasteiger charge is 2.24. The minimum Gasteiger partial charge on any atom is -0.342 e. The van der Waals surface area contributed by atoms with E-state index in [1.165, 1.54) is 4.57 Å². The predicted molar refractivity (Wildman–Crippen MR) is 150 cm³/mol. The fourth-order valence-corrected chi connectivity index (χ4v) is 4.67. The topological polar surface area (TPSA) is 112 Å². The first-order valence-electron chi connectivity index (χ1n) is 12.6. The van der Waals surface area contributed by atoms with Gasteiger partial charge >= 0.3 is 0 Å². The van der Waals surface area contributed by atoms with Crippen LogP contribution in [0.4, 0.5) is 0 Å². The third kappa shape index (κ3) is 4.29. The smallest absolute Gasteiger partial charge is 0.267 e. The summed E-state index contributed by atoms with van der Waals surface area (Å²) in [5, 5.41) is 7.79. The summed E-state index contributed by atoms with van der Waals surface area (Å²) in [6.45, 7) is 3.56. The first kappa shape index (κ1) is 24.8. The van der Waals surface area contributed by atoms with Crippen LogP contribution in [-0.4, -0.2) is 39.6 Å². The lowest BCUT2D eigenvalue weighted by molar-refractivity contribution is 0.0938. The van der Waals surface area contributed by atoms with Crippen LogP contribution in [0, 0.1) is 18.8 Å². The number of amides is 1. The number of benzene rings is 2. The lowest BCUT2D eigenvalue weighted by atomic mass is 10.1.